The van der Waals surface area contributed by atoms with Crippen LogP contribution in [0, 0.1) is 0 Å². The van der Waals surface area contributed by atoms with Gasteiger partial charge < -0.3 is 20.1 Å². The van der Waals surface area contributed by atoms with Crippen LogP contribution in [0.1, 0.15) is 22.7 Å². The van der Waals surface area contributed by atoms with E-state index >= 15 is 0 Å². The number of fused-ring (bicyclic) bond motifs is 1. The lowest BCUT2D eigenvalue weighted by Gasteiger charge is -2.35. The van der Waals surface area contributed by atoms with Crippen molar-refractivity contribution in [3.63, 3.8) is 0 Å². The van der Waals surface area contributed by atoms with Gasteiger partial charge in [-0.25, -0.2) is 0 Å². The molecule has 172 valence electrons. The molecule has 0 fully saturated rings. The summed E-state index contributed by atoms with van der Waals surface area (Å²) in [7, 11) is 3.04. The number of benzene rings is 2. The van der Waals surface area contributed by atoms with E-state index in [2.05, 4.69) is 51.2 Å². The Labute approximate surface area is 197 Å². The first-order valence-corrected chi connectivity index (χ1v) is 11.7. The average Bonchev–Trinajstić information content (AvgIpc) is 3.38. The number of ether oxygens (including phenoxy) is 2. The second-order valence-corrected chi connectivity index (χ2v) is 8.57. The summed E-state index contributed by atoms with van der Waals surface area (Å²) < 4.78 is 10.5. The van der Waals surface area contributed by atoms with Crippen molar-refractivity contribution in [3.8, 4) is 11.5 Å². The molecule has 1 atom stereocenters. The molecule has 1 aromatic heterocycles. The van der Waals surface area contributed by atoms with Crippen molar-refractivity contribution >= 4 is 28.8 Å². The number of rotatable bonds is 7. The van der Waals surface area contributed by atoms with E-state index < -0.39 is 11.8 Å². The lowest BCUT2D eigenvalue weighted by molar-refractivity contribution is -0.136. The molecule has 2 heterocycles. The molecule has 2 aromatic carbocycles. The highest BCUT2D eigenvalue weighted by Crippen LogP contribution is 2.30. The number of carbonyl (C=O) groups excluding carboxylic acids is 2. The van der Waals surface area contributed by atoms with Crippen molar-refractivity contribution in [1.29, 1.82) is 0 Å². The predicted molar refractivity (Wildman–Crippen MR) is 129 cm³/mol. The minimum atomic E-state index is -0.744. The number of hydrogen-bond acceptors (Lipinski definition) is 6. The van der Waals surface area contributed by atoms with Gasteiger partial charge in [-0.3, -0.25) is 14.5 Å². The molecule has 2 amide bonds. The number of nitrogens with one attached hydrogen (secondary N) is 2. The SMILES string of the molecule is COc1ccc(NC(=O)C(=O)NCC(c2ccsc2)N2CCc3ccccc3C2)c(OC)c1. The summed E-state index contributed by atoms with van der Waals surface area (Å²) >= 11 is 1.62. The number of nitrogens with zero attached hydrogens (tertiary/aromatic N) is 1. The molecule has 8 heteroatoms. The first-order chi connectivity index (χ1) is 16.1. The predicted octanol–water partition coefficient (Wildman–Crippen LogP) is 3.62. The fourth-order valence-electron chi connectivity index (χ4n) is 4.06. The fourth-order valence-corrected chi connectivity index (χ4v) is 4.76. The zero-order valence-electron chi connectivity index (χ0n) is 18.7. The summed E-state index contributed by atoms with van der Waals surface area (Å²) in [5, 5.41) is 9.57. The molecule has 0 aliphatic carbocycles. The summed E-state index contributed by atoms with van der Waals surface area (Å²) in [6.07, 6.45) is 0.961. The number of hydrogen-bond donors (Lipinski definition) is 2. The Bertz CT molecular complexity index is 1120. The van der Waals surface area contributed by atoms with Gasteiger partial charge in [0.05, 0.1) is 25.9 Å². The number of carbonyl (C=O) groups is 2. The molecule has 0 radical (unpaired) electrons. The monoisotopic (exact) mass is 465 g/mol. The van der Waals surface area contributed by atoms with Crippen molar-refractivity contribution in [2.75, 3.05) is 32.6 Å². The zero-order chi connectivity index (χ0) is 23.2. The summed E-state index contributed by atoms with van der Waals surface area (Å²) in [6, 6.07) is 15.5. The molecule has 4 rings (SSSR count). The Hall–Kier alpha value is -3.36. The van der Waals surface area contributed by atoms with Gasteiger partial charge in [0.2, 0.25) is 0 Å². The number of methoxy groups -OCH3 is 2. The van der Waals surface area contributed by atoms with Crippen molar-refractivity contribution in [2.45, 2.75) is 19.0 Å². The Kier molecular flexibility index (Phi) is 7.26. The van der Waals surface area contributed by atoms with Gasteiger partial charge in [-0.2, -0.15) is 11.3 Å². The largest absolute Gasteiger partial charge is 0.497 e. The maximum Gasteiger partial charge on any atom is 0.313 e. The van der Waals surface area contributed by atoms with Gasteiger partial charge in [0, 0.05) is 25.7 Å². The molecular formula is C25H27N3O4S. The molecule has 0 spiro atoms. The van der Waals surface area contributed by atoms with Crippen LogP contribution in [0.25, 0.3) is 0 Å². The van der Waals surface area contributed by atoms with E-state index in [0.29, 0.717) is 23.7 Å². The minimum absolute atomic E-state index is 0.0168. The second kappa shape index (κ2) is 10.5. The summed E-state index contributed by atoms with van der Waals surface area (Å²) in [5.74, 6) is -0.424. The van der Waals surface area contributed by atoms with E-state index in [0.717, 1.165) is 25.1 Å². The molecule has 0 saturated heterocycles. The van der Waals surface area contributed by atoms with E-state index in [4.69, 9.17) is 9.47 Å². The van der Waals surface area contributed by atoms with E-state index in [1.807, 2.05) is 5.38 Å². The Morgan fingerprint density at radius 1 is 1.06 bits per heavy atom. The number of amides is 2. The molecule has 1 unspecified atom stereocenters. The highest BCUT2D eigenvalue weighted by molar-refractivity contribution is 7.08. The van der Waals surface area contributed by atoms with Gasteiger partial charge in [0.1, 0.15) is 11.5 Å². The molecule has 1 aliphatic heterocycles. The van der Waals surface area contributed by atoms with Crippen LogP contribution in [-0.4, -0.2) is 44.0 Å². The van der Waals surface area contributed by atoms with Crippen LogP contribution >= 0.6 is 11.3 Å². The van der Waals surface area contributed by atoms with Gasteiger partial charge in [-0.05, 0) is 52.1 Å². The lowest BCUT2D eigenvalue weighted by Crippen LogP contribution is -2.43. The highest BCUT2D eigenvalue weighted by atomic mass is 32.1. The van der Waals surface area contributed by atoms with Crippen molar-refractivity contribution in [3.05, 3.63) is 76.0 Å². The summed E-state index contributed by atoms with van der Waals surface area (Å²) in [5.41, 5.74) is 4.21. The maximum absolute atomic E-state index is 12.6. The van der Waals surface area contributed by atoms with Gasteiger partial charge in [-0.15, -0.1) is 0 Å². The molecule has 33 heavy (non-hydrogen) atoms. The molecule has 0 saturated carbocycles. The topological polar surface area (TPSA) is 79.9 Å². The molecule has 7 nitrogen and oxygen atoms in total. The van der Waals surface area contributed by atoms with Crippen molar-refractivity contribution < 1.29 is 19.1 Å². The van der Waals surface area contributed by atoms with Crippen molar-refractivity contribution in [2.24, 2.45) is 0 Å². The van der Waals surface area contributed by atoms with Gasteiger partial charge >= 0.3 is 11.8 Å². The smallest absolute Gasteiger partial charge is 0.313 e. The fraction of sp³-hybridized carbons (Fsp3) is 0.280. The standard InChI is InChI=1S/C25H27N3O4S/c1-31-20-7-8-21(23(13-20)32-2)27-25(30)24(29)26-14-22(19-10-12-33-16-19)28-11-9-17-5-3-4-6-18(17)15-28/h3-8,10,12-13,16,22H,9,11,14-15H2,1-2H3,(H,26,29)(H,27,30). The van der Waals surface area contributed by atoms with Crippen LogP contribution in [0.3, 0.4) is 0 Å². The lowest BCUT2D eigenvalue weighted by atomic mass is 9.97. The Morgan fingerprint density at radius 3 is 2.61 bits per heavy atom. The number of anilines is 1. The zero-order valence-corrected chi connectivity index (χ0v) is 19.5. The van der Waals surface area contributed by atoms with E-state index in [9.17, 15) is 9.59 Å². The molecular weight excluding hydrogens is 438 g/mol. The molecule has 1 aliphatic rings. The van der Waals surface area contributed by atoms with Crippen LogP contribution in [0.2, 0.25) is 0 Å². The van der Waals surface area contributed by atoms with Gasteiger partial charge in [0.15, 0.2) is 0 Å². The quantitative estimate of drug-likeness (QED) is 0.521. The Morgan fingerprint density at radius 2 is 1.88 bits per heavy atom. The molecule has 3 aromatic rings. The van der Waals surface area contributed by atoms with Crippen LogP contribution in [-0.2, 0) is 22.6 Å². The maximum atomic E-state index is 12.6. The molecule has 2 N–H and O–H groups in total. The normalized spacial score (nSPS) is 14.1. The summed E-state index contributed by atoms with van der Waals surface area (Å²) in [6.45, 7) is 2.04. The van der Waals surface area contributed by atoms with E-state index in [-0.39, 0.29) is 6.04 Å². The van der Waals surface area contributed by atoms with Crippen LogP contribution in [0.15, 0.2) is 59.3 Å². The first kappa shape index (κ1) is 22.8. The minimum Gasteiger partial charge on any atom is -0.497 e. The third kappa shape index (κ3) is 5.35. The average molecular weight is 466 g/mol. The van der Waals surface area contributed by atoms with E-state index in [1.54, 1.807) is 36.6 Å². The van der Waals surface area contributed by atoms with Crippen LogP contribution in [0.5, 0.6) is 11.5 Å². The third-order valence-electron chi connectivity index (χ3n) is 5.85. The number of thiophene rings is 1. The molecule has 0 bridgehead atoms. The van der Waals surface area contributed by atoms with Crippen LogP contribution in [0.4, 0.5) is 5.69 Å². The summed E-state index contributed by atoms with van der Waals surface area (Å²) in [4.78, 5) is 27.5. The Balaban J connectivity index is 1.42. The first-order valence-electron chi connectivity index (χ1n) is 10.7. The van der Waals surface area contributed by atoms with Gasteiger partial charge in [-0.1, -0.05) is 24.3 Å². The highest BCUT2D eigenvalue weighted by Gasteiger charge is 2.26. The van der Waals surface area contributed by atoms with E-state index in [1.165, 1.54) is 18.2 Å². The van der Waals surface area contributed by atoms with Crippen LogP contribution < -0.4 is 20.1 Å². The van der Waals surface area contributed by atoms with Crippen molar-refractivity contribution in [1.82, 2.24) is 10.2 Å². The second-order valence-electron chi connectivity index (χ2n) is 7.79. The third-order valence-corrected chi connectivity index (χ3v) is 6.55. The van der Waals surface area contributed by atoms with Gasteiger partial charge in [0.25, 0.3) is 0 Å².